The van der Waals surface area contributed by atoms with Gasteiger partial charge in [0.25, 0.3) is 0 Å². The predicted octanol–water partition coefficient (Wildman–Crippen LogP) is 2.98. The Hall–Kier alpha value is -1.99. The van der Waals surface area contributed by atoms with Crippen molar-refractivity contribution in [3.05, 3.63) is 36.4 Å². The van der Waals surface area contributed by atoms with Gasteiger partial charge in [-0.3, -0.25) is 0 Å². The first-order valence-electron chi connectivity index (χ1n) is 8.34. The van der Waals surface area contributed by atoms with Crippen LogP contribution in [0.1, 0.15) is 34.6 Å². The minimum absolute atomic E-state index is 0.291. The molecule has 1 aromatic carbocycles. The quantitative estimate of drug-likeness (QED) is 0.798. The van der Waals surface area contributed by atoms with Crippen LogP contribution in [0.3, 0.4) is 0 Å². The maximum Gasteiger partial charge on any atom is 0.494 e. The molecule has 0 amide bonds. The van der Waals surface area contributed by atoms with E-state index in [-0.39, 0.29) is 0 Å². The standard InChI is InChI=1S/C18H22BFN2O3/c1-6-23-13-10-21-16(22-11-13)14-9-12(7-8-15(14)20)19-24-17(2,3)18(4,5)25-19/h7-11H,6H2,1-5H3. The number of aromatic nitrogens is 2. The van der Waals surface area contributed by atoms with E-state index < -0.39 is 24.1 Å². The summed E-state index contributed by atoms with van der Waals surface area (Å²) in [4.78, 5) is 8.39. The van der Waals surface area contributed by atoms with Crippen molar-refractivity contribution in [3.63, 3.8) is 0 Å². The Balaban J connectivity index is 1.91. The Morgan fingerprint density at radius 3 is 2.24 bits per heavy atom. The summed E-state index contributed by atoms with van der Waals surface area (Å²) in [6.45, 7) is 10.3. The van der Waals surface area contributed by atoms with Crippen LogP contribution in [0.2, 0.25) is 0 Å². The highest BCUT2D eigenvalue weighted by Crippen LogP contribution is 2.36. The molecule has 2 aromatic rings. The number of nitrogens with zero attached hydrogens (tertiary/aromatic N) is 2. The number of hydrogen-bond donors (Lipinski definition) is 0. The average molecular weight is 344 g/mol. The maximum atomic E-state index is 14.3. The summed E-state index contributed by atoms with van der Waals surface area (Å²) >= 11 is 0. The third kappa shape index (κ3) is 3.39. The topological polar surface area (TPSA) is 53.5 Å². The van der Waals surface area contributed by atoms with Crippen molar-refractivity contribution in [1.29, 1.82) is 0 Å². The lowest BCUT2D eigenvalue weighted by atomic mass is 9.78. The van der Waals surface area contributed by atoms with E-state index >= 15 is 0 Å². The van der Waals surface area contributed by atoms with Gasteiger partial charge in [0.05, 0.1) is 35.8 Å². The van der Waals surface area contributed by atoms with Gasteiger partial charge in [0.1, 0.15) is 5.82 Å². The van der Waals surface area contributed by atoms with Crippen molar-refractivity contribution in [2.24, 2.45) is 0 Å². The van der Waals surface area contributed by atoms with Crippen molar-refractivity contribution in [3.8, 4) is 17.1 Å². The molecule has 1 aliphatic rings. The third-order valence-electron chi connectivity index (χ3n) is 4.70. The number of hydrogen-bond acceptors (Lipinski definition) is 5. The zero-order valence-electron chi connectivity index (χ0n) is 15.2. The molecule has 1 saturated heterocycles. The van der Waals surface area contributed by atoms with Crippen molar-refractivity contribution in [2.75, 3.05) is 6.61 Å². The summed E-state index contributed by atoms with van der Waals surface area (Å²) in [5.74, 6) is 0.442. The Kier molecular flexibility index (Phi) is 4.55. The molecule has 0 spiro atoms. The minimum Gasteiger partial charge on any atom is -0.491 e. The van der Waals surface area contributed by atoms with E-state index in [1.54, 1.807) is 12.1 Å². The molecule has 7 heteroatoms. The van der Waals surface area contributed by atoms with Crippen LogP contribution in [-0.2, 0) is 9.31 Å². The van der Waals surface area contributed by atoms with Crippen LogP contribution in [0.25, 0.3) is 11.4 Å². The monoisotopic (exact) mass is 344 g/mol. The summed E-state index contributed by atoms with van der Waals surface area (Å²) in [5.41, 5.74) is 0.117. The zero-order chi connectivity index (χ0) is 18.2. The van der Waals surface area contributed by atoms with Gasteiger partial charge < -0.3 is 14.0 Å². The lowest BCUT2D eigenvalue weighted by Gasteiger charge is -2.32. The van der Waals surface area contributed by atoms with E-state index in [0.717, 1.165) is 5.46 Å². The molecule has 0 unspecified atom stereocenters. The fraction of sp³-hybridized carbons (Fsp3) is 0.444. The van der Waals surface area contributed by atoms with Gasteiger partial charge in [-0.2, -0.15) is 0 Å². The van der Waals surface area contributed by atoms with Gasteiger partial charge in [-0.15, -0.1) is 0 Å². The highest BCUT2D eigenvalue weighted by Gasteiger charge is 2.51. The van der Waals surface area contributed by atoms with Crippen molar-refractivity contribution in [2.45, 2.75) is 45.8 Å². The second-order valence-electron chi connectivity index (χ2n) is 7.00. The number of benzene rings is 1. The number of ether oxygens (including phenoxy) is 1. The largest absolute Gasteiger partial charge is 0.494 e. The molecule has 0 aliphatic carbocycles. The molecule has 0 bridgehead atoms. The second-order valence-corrected chi connectivity index (χ2v) is 7.00. The molecule has 0 N–H and O–H groups in total. The fourth-order valence-corrected chi connectivity index (χ4v) is 2.54. The van der Waals surface area contributed by atoms with Gasteiger partial charge in [-0.1, -0.05) is 6.07 Å². The van der Waals surface area contributed by atoms with Gasteiger partial charge in [0.2, 0.25) is 0 Å². The summed E-state index contributed by atoms with van der Waals surface area (Å²) in [7, 11) is -0.563. The van der Waals surface area contributed by atoms with E-state index in [1.807, 2.05) is 34.6 Å². The predicted molar refractivity (Wildman–Crippen MR) is 94.3 cm³/mol. The van der Waals surface area contributed by atoms with Crippen LogP contribution in [0.5, 0.6) is 5.75 Å². The van der Waals surface area contributed by atoms with Crippen molar-refractivity contribution < 1.29 is 18.4 Å². The summed E-state index contributed by atoms with van der Waals surface area (Å²) in [6.07, 6.45) is 3.07. The normalized spacial score (nSPS) is 18.4. The Morgan fingerprint density at radius 2 is 1.68 bits per heavy atom. The SMILES string of the molecule is CCOc1cnc(-c2cc(B3OC(C)(C)C(C)(C)O3)ccc2F)nc1. The van der Waals surface area contributed by atoms with Crippen molar-refractivity contribution >= 4 is 12.6 Å². The van der Waals surface area contributed by atoms with Gasteiger partial charge >= 0.3 is 7.12 Å². The van der Waals surface area contributed by atoms with Crippen LogP contribution in [0, 0.1) is 5.82 Å². The zero-order valence-corrected chi connectivity index (χ0v) is 15.2. The lowest BCUT2D eigenvalue weighted by molar-refractivity contribution is 0.00578. The first kappa shape index (κ1) is 17.8. The van der Waals surface area contributed by atoms with Crippen molar-refractivity contribution in [1.82, 2.24) is 9.97 Å². The van der Waals surface area contributed by atoms with Crippen LogP contribution in [0.15, 0.2) is 30.6 Å². The lowest BCUT2D eigenvalue weighted by Crippen LogP contribution is -2.41. The second kappa shape index (κ2) is 6.39. The molecule has 5 nitrogen and oxygen atoms in total. The molecule has 3 rings (SSSR count). The first-order valence-corrected chi connectivity index (χ1v) is 8.34. The molecule has 0 atom stereocenters. The smallest absolute Gasteiger partial charge is 0.491 e. The Bertz CT molecular complexity index is 749. The molecular formula is C18H22BFN2O3. The van der Waals surface area contributed by atoms with E-state index in [1.165, 1.54) is 18.5 Å². The van der Waals surface area contributed by atoms with Gasteiger partial charge in [-0.05, 0) is 52.2 Å². The molecular weight excluding hydrogens is 322 g/mol. The van der Waals surface area contributed by atoms with Crippen LogP contribution in [-0.4, -0.2) is 34.9 Å². The van der Waals surface area contributed by atoms with Gasteiger partial charge in [0, 0.05) is 0 Å². The molecule has 0 saturated carbocycles. The highest BCUT2D eigenvalue weighted by molar-refractivity contribution is 6.62. The Morgan fingerprint density at radius 1 is 1.08 bits per heavy atom. The molecule has 2 heterocycles. The van der Waals surface area contributed by atoms with E-state index in [0.29, 0.717) is 23.7 Å². The van der Waals surface area contributed by atoms with E-state index in [4.69, 9.17) is 14.0 Å². The van der Waals surface area contributed by atoms with Crippen LogP contribution >= 0.6 is 0 Å². The molecule has 1 fully saturated rings. The Labute approximate surface area is 147 Å². The van der Waals surface area contributed by atoms with Crippen LogP contribution in [0.4, 0.5) is 4.39 Å². The van der Waals surface area contributed by atoms with E-state index in [9.17, 15) is 4.39 Å². The molecule has 1 aliphatic heterocycles. The maximum absolute atomic E-state index is 14.3. The summed E-state index contributed by atoms with van der Waals surface area (Å²) in [5, 5.41) is 0. The molecule has 25 heavy (non-hydrogen) atoms. The van der Waals surface area contributed by atoms with Gasteiger partial charge in [0.15, 0.2) is 11.6 Å². The first-order chi connectivity index (χ1) is 11.7. The highest BCUT2D eigenvalue weighted by atomic mass is 19.1. The molecule has 132 valence electrons. The number of halogens is 1. The third-order valence-corrected chi connectivity index (χ3v) is 4.70. The van der Waals surface area contributed by atoms with Gasteiger partial charge in [-0.25, -0.2) is 14.4 Å². The fourth-order valence-electron chi connectivity index (χ4n) is 2.54. The van der Waals surface area contributed by atoms with E-state index in [2.05, 4.69) is 9.97 Å². The molecule has 0 radical (unpaired) electrons. The summed E-state index contributed by atoms with van der Waals surface area (Å²) < 4.78 is 31.7. The average Bonchev–Trinajstić information content (AvgIpc) is 2.77. The summed E-state index contributed by atoms with van der Waals surface area (Å²) in [6, 6.07) is 4.72. The van der Waals surface area contributed by atoms with Crippen LogP contribution < -0.4 is 10.2 Å². The minimum atomic E-state index is -0.563. The number of rotatable bonds is 4. The molecule has 1 aromatic heterocycles.